The van der Waals surface area contributed by atoms with Crippen LogP contribution >= 0.6 is 0 Å². The average Bonchev–Trinajstić information content (AvgIpc) is 2.18. The van der Waals surface area contributed by atoms with Crippen molar-refractivity contribution < 1.29 is 14.3 Å². The van der Waals surface area contributed by atoms with Crippen LogP contribution in [0.15, 0.2) is 30.3 Å². The molecule has 0 aromatic heterocycles. The molecule has 0 aliphatic carbocycles. The van der Waals surface area contributed by atoms with Crippen molar-refractivity contribution in [1.82, 2.24) is 0 Å². The highest BCUT2D eigenvalue weighted by atomic mass is 28.4. The standard InChI is InChI=1S/C9H14O2Si.H2O/c1-10-12(3,11-2)9-7-5-4-6-8-9;/h4-8H,1-3H3;1H2. The van der Waals surface area contributed by atoms with Crippen LogP contribution in [0.1, 0.15) is 0 Å². The monoisotopic (exact) mass is 200 g/mol. The summed E-state index contributed by atoms with van der Waals surface area (Å²) < 4.78 is 10.8. The van der Waals surface area contributed by atoms with Crippen LogP contribution in [0.4, 0.5) is 0 Å². The number of rotatable bonds is 3. The third kappa shape index (κ3) is 2.63. The van der Waals surface area contributed by atoms with E-state index in [0.29, 0.717) is 0 Å². The van der Waals surface area contributed by atoms with E-state index in [0.717, 1.165) is 5.19 Å². The molecule has 0 bridgehead atoms. The second kappa shape index (κ2) is 5.13. The molecule has 4 heteroatoms. The molecule has 13 heavy (non-hydrogen) atoms. The summed E-state index contributed by atoms with van der Waals surface area (Å²) in [5.41, 5.74) is 0. The molecule has 1 aromatic carbocycles. The summed E-state index contributed by atoms with van der Waals surface area (Å²) in [4.78, 5) is 0. The summed E-state index contributed by atoms with van der Waals surface area (Å²) in [6, 6.07) is 10.1. The molecule has 2 N–H and O–H groups in total. The number of benzene rings is 1. The lowest BCUT2D eigenvalue weighted by atomic mass is 10.4. The lowest BCUT2D eigenvalue weighted by Crippen LogP contribution is -2.49. The molecule has 0 amide bonds. The van der Waals surface area contributed by atoms with E-state index in [9.17, 15) is 0 Å². The first-order valence-corrected chi connectivity index (χ1v) is 6.20. The Bertz CT molecular complexity index is 234. The minimum Gasteiger partial charge on any atom is -0.412 e. The molecule has 0 saturated carbocycles. The fourth-order valence-electron chi connectivity index (χ4n) is 1.06. The first-order valence-electron chi connectivity index (χ1n) is 3.89. The highest BCUT2D eigenvalue weighted by Gasteiger charge is 2.30. The van der Waals surface area contributed by atoms with E-state index >= 15 is 0 Å². The van der Waals surface area contributed by atoms with Crippen molar-refractivity contribution in [3.05, 3.63) is 30.3 Å². The molecule has 0 unspecified atom stereocenters. The van der Waals surface area contributed by atoms with Crippen LogP contribution in [0, 0.1) is 0 Å². The van der Waals surface area contributed by atoms with Gasteiger partial charge in [-0.1, -0.05) is 30.3 Å². The molecule has 0 atom stereocenters. The van der Waals surface area contributed by atoms with Gasteiger partial charge in [0.15, 0.2) is 0 Å². The lowest BCUT2D eigenvalue weighted by Gasteiger charge is -2.22. The Hall–Kier alpha value is -0.683. The molecule has 0 radical (unpaired) electrons. The van der Waals surface area contributed by atoms with Crippen LogP contribution in [0.5, 0.6) is 0 Å². The fraction of sp³-hybridized carbons (Fsp3) is 0.333. The predicted octanol–water partition coefficient (Wildman–Crippen LogP) is 0.434. The van der Waals surface area contributed by atoms with Crippen LogP contribution < -0.4 is 5.19 Å². The maximum Gasteiger partial charge on any atom is 0.368 e. The smallest absolute Gasteiger partial charge is 0.368 e. The maximum absolute atomic E-state index is 5.39. The van der Waals surface area contributed by atoms with Gasteiger partial charge in [0.1, 0.15) is 0 Å². The van der Waals surface area contributed by atoms with Gasteiger partial charge in [0.2, 0.25) is 0 Å². The molecule has 3 nitrogen and oxygen atoms in total. The van der Waals surface area contributed by atoms with E-state index in [1.165, 1.54) is 0 Å². The summed E-state index contributed by atoms with van der Waals surface area (Å²) in [5, 5.41) is 1.16. The van der Waals surface area contributed by atoms with Gasteiger partial charge in [-0.2, -0.15) is 0 Å². The Morgan fingerprint density at radius 1 is 1.00 bits per heavy atom. The van der Waals surface area contributed by atoms with Gasteiger partial charge in [0.25, 0.3) is 0 Å². The van der Waals surface area contributed by atoms with Gasteiger partial charge in [-0.15, -0.1) is 0 Å². The van der Waals surface area contributed by atoms with E-state index in [-0.39, 0.29) is 5.48 Å². The molecule has 0 aliphatic rings. The van der Waals surface area contributed by atoms with Gasteiger partial charge >= 0.3 is 8.56 Å². The van der Waals surface area contributed by atoms with Crippen molar-refractivity contribution in [3.63, 3.8) is 0 Å². The highest BCUT2D eigenvalue weighted by Crippen LogP contribution is 2.04. The molecule has 0 aliphatic heterocycles. The SMILES string of the molecule is CO[Si](C)(OC)c1ccccc1.O. The number of hydrogen-bond donors (Lipinski definition) is 0. The Labute approximate surface area is 79.9 Å². The van der Waals surface area contributed by atoms with Crippen molar-refractivity contribution in [2.24, 2.45) is 0 Å². The summed E-state index contributed by atoms with van der Waals surface area (Å²) in [7, 11) is 1.32. The molecule has 74 valence electrons. The molecule has 0 saturated heterocycles. The van der Waals surface area contributed by atoms with Crippen molar-refractivity contribution >= 4 is 13.7 Å². The van der Waals surface area contributed by atoms with Gasteiger partial charge in [-0.05, 0) is 11.7 Å². The van der Waals surface area contributed by atoms with Crippen LogP contribution in [-0.4, -0.2) is 28.3 Å². The van der Waals surface area contributed by atoms with Crippen LogP contribution in [-0.2, 0) is 8.85 Å². The third-order valence-corrected chi connectivity index (χ3v) is 5.02. The summed E-state index contributed by atoms with van der Waals surface area (Å²) >= 11 is 0. The lowest BCUT2D eigenvalue weighted by molar-refractivity contribution is 0.265. The zero-order valence-electron chi connectivity index (χ0n) is 8.20. The van der Waals surface area contributed by atoms with Gasteiger partial charge in [-0.25, -0.2) is 0 Å². The molecule has 1 rings (SSSR count). The molecule has 0 heterocycles. The van der Waals surface area contributed by atoms with Gasteiger partial charge in [0, 0.05) is 14.2 Å². The first-order chi connectivity index (χ1) is 5.73. The van der Waals surface area contributed by atoms with E-state index in [1.807, 2.05) is 36.9 Å². The fourth-order valence-corrected chi connectivity index (χ4v) is 2.50. The van der Waals surface area contributed by atoms with Crippen molar-refractivity contribution in [1.29, 1.82) is 0 Å². The molecular formula is C9H16O3Si. The molecule has 0 spiro atoms. The maximum atomic E-state index is 5.39. The normalized spacial score (nSPS) is 10.7. The van der Waals surface area contributed by atoms with Crippen LogP contribution in [0.25, 0.3) is 0 Å². The Morgan fingerprint density at radius 2 is 1.46 bits per heavy atom. The third-order valence-electron chi connectivity index (χ3n) is 2.08. The zero-order chi connectivity index (χ0) is 9.03. The zero-order valence-corrected chi connectivity index (χ0v) is 9.20. The molecular weight excluding hydrogens is 184 g/mol. The quantitative estimate of drug-likeness (QED) is 0.665. The second-order valence-corrected chi connectivity index (χ2v) is 6.01. The average molecular weight is 200 g/mol. The number of hydrogen-bond acceptors (Lipinski definition) is 2. The molecule has 1 aromatic rings. The predicted molar refractivity (Wildman–Crippen MR) is 55.3 cm³/mol. The topological polar surface area (TPSA) is 50.0 Å². The Morgan fingerprint density at radius 3 is 1.85 bits per heavy atom. The van der Waals surface area contributed by atoms with Gasteiger partial charge in [0.05, 0.1) is 0 Å². The van der Waals surface area contributed by atoms with Gasteiger partial charge < -0.3 is 14.3 Å². The summed E-state index contributed by atoms with van der Waals surface area (Å²) in [5.74, 6) is 0. The Balaban J connectivity index is 0.00000144. The van der Waals surface area contributed by atoms with E-state index in [1.54, 1.807) is 14.2 Å². The van der Waals surface area contributed by atoms with Crippen molar-refractivity contribution in [2.45, 2.75) is 6.55 Å². The van der Waals surface area contributed by atoms with E-state index < -0.39 is 8.56 Å². The Kier molecular flexibility index (Phi) is 4.86. The van der Waals surface area contributed by atoms with Crippen molar-refractivity contribution in [3.8, 4) is 0 Å². The second-order valence-electron chi connectivity index (χ2n) is 2.72. The summed E-state index contributed by atoms with van der Waals surface area (Å²) in [6.07, 6.45) is 0. The first kappa shape index (κ1) is 12.3. The summed E-state index contributed by atoms with van der Waals surface area (Å²) in [6.45, 7) is 2.03. The minimum absolute atomic E-state index is 0. The molecule has 0 fully saturated rings. The van der Waals surface area contributed by atoms with E-state index in [4.69, 9.17) is 8.85 Å². The van der Waals surface area contributed by atoms with E-state index in [2.05, 4.69) is 0 Å². The highest BCUT2D eigenvalue weighted by molar-refractivity contribution is 6.79. The van der Waals surface area contributed by atoms with Crippen LogP contribution in [0.3, 0.4) is 0 Å². The van der Waals surface area contributed by atoms with Gasteiger partial charge in [-0.3, -0.25) is 0 Å². The van der Waals surface area contributed by atoms with Crippen LogP contribution in [0.2, 0.25) is 6.55 Å². The largest absolute Gasteiger partial charge is 0.412 e. The van der Waals surface area contributed by atoms with Crippen molar-refractivity contribution in [2.75, 3.05) is 14.2 Å². The minimum atomic E-state index is -2.07.